The minimum Gasteiger partial charge on any atom is -0.332 e. The van der Waals surface area contributed by atoms with Gasteiger partial charge >= 0.3 is 0 Å². The van der Waals surface area contributed by atoms with Gasteiger partial charge in [-0.3, -0.25) is 10.1 Å². The van der Waals surface area contributed by atoms with Gasteiger partial charge in [-0.25, -0.2) is 0 Å². The normalized spacial score (nSPS) is 10.1. The third-order valence-corrected chi connectivity index (χ3v) is 4.00. The highest BCUT2D eigenvalue weighted by Crippen LogP contribution is 2.22. The van der Waals surface area contributed by atoms with Crippen LogP contribution in [0.2, 0.25) is 10.0 Å². The van der Waals surface area contributed by atoms with E-state index in [1.807, 2.05) is 24.3 Å². The van der Waals surface area contributed by atoms with Crippen LogP contribution in [0, 0.1) is 0 Å². The number of hydrogen-bond acceptors (Lipinski definition) is 2. The van der Waals surface area contributed by atoms with Gasteiger partial charge in [0.05, 0.1) is 10.0 Å². The summed E-state index contributed by atoms with van der Waals surface area (Å²) in [4.78, 5) is 12.1. The fourth-order valence-corrected chi connectivity index (χ4v) is 2.42. The number of amides is 1. The van der Waals surface area contributed by atoms with Crippen molar-refractivity contribution in [1.82, 2.24) is 5.32 Å². The Morgan fingerprint density at radius 2 is 1.86 bits per heavy atom. The van der Waals surface area contributed by atoms with Crippen LogP contribution in [0.5, 0.6) is 0 Å². The van der Waals surface area contributed by atoms with E-state index in [4.69, 9.17) is 35.4 Å². The summed E-state index contributed by atoms with van der Waals surface area (Å²) in [7, 11) is 0. The molecule has 0 spiro atoms. The maximum Gasteiger partial charge on any atom is 0.257 e. The van der Waals surface area contributed by atoms with Crippen LogP contribution in [0.15, 0.2) is 42.5 Å². The summed E-state index contributed by atoms with van der Waals surface area (Å²) in [6.07, 6.45) is 0.868. The SMILES string of the molecule is CCc1ccccc1NC(=S)NC(=O)c1ccc(Cl)c(Cl)c1. The number of rotatable bonds is 3. The largest absolute Gasteiger partial charge is 0.332 e. The standard InChI is InChI=1S/C16H14Cl2N2OS/c1-2-10-5-3-4-6-14(10)19-16(22)20-15(21)11-7-8-12(17)13(18)9-11/h3-9H,2H2,1H3,(H2,19,20,21,22). The molecule has 2 N–H and O–H groups in total. The van der Waals surface area contributed by atoms with Crippen molar-refractivity contribution in [3.8, 4) is 0 Å². The number of aryl methyl sites for hydroxylation is 1. The fourth-order valence-electron chi connectivity index (χ4n) is 1.92. The van der Waals surface area contributed by atoms with Crippen molar-refractivity contribution in [2.24, 2.45) is 0 Å². The van der Waals surface area contributed by atoms with Crippen molar-refractivity contribution in [3.05, 3.63) is 63.6 Å². The molecule has 2 aromatic rings. The number of carbonyl (C=O) groups is 1. The highest BCUT2D eigenvalue weighted by atomic mass is 35.5. The minimum absolute atomic E-state index is 0.233. The lowest BCUT2D eigenvalue weighted by Crippen LogP contribution is -2.34. The fraction of sp³-hybridized carbons (Fsp3) is 0.125. The molecule has 0 saturated carbocycles. The second-order valence-electron chi connectivity index (χ2n) is 4.55. The first-order chi connectivity index (χ1) is 10.5. The molecule has 0 aliphatic heterocycles. The van der Waals surface area contributed by atoms with E-state index in [0.717, 1.165) is 17.7 Å². The minimum atomic E-state index is -0.343. The monoisotopic (exact) mass is 352 g/mol. The number of carbonyl (C=O) groups excluding carboxylic acids is 1. The average Bonchev–Trinajstić information content (AvgIpc) is 2.50. The first-order valence-electron chi connectivity index (χ1n) is 6.66. The molecule has 6 heteroatoms. The molecule has 0 atom stereocenters. The lowest BCUT2D eigenvalue weighted by molar-refractivity contribution is 0.0978. The predicted octanol–water partition coefficient (Wildman–Crippen LogP) is 4.68. The third-order valence-electron chi connectivity index (χ3n) is 3.06. The lowest BCUT2D eigenvalue weighted by atomic mass is 10.1. The molecule has 0 fully saturated rings. The number of benzene rings is 2. The Kier molecular flexibility index (Phi) is 5.77. The second kappa shape index (κ2) is 7.58. The molecule has 3 nitrogen and oxygen atoms in total. The van der Waals surface area contributed by atoms with Crippen LogP contribution in [-0.4, -0.2) is 11.0 Å². The smallest absolute Gasteiger partial charge is 0.257 e. The van der Waals surface area contributed by atoms with Crippen molar-refractivity contribution in [1.29, 1.82) is 0 Å². The summed E-state index contributed by atoms with van der Waals surface area (Å²) in [5.41, 5.74) is 2.39. The zero-order valence-electron chi connectivity index (χ0n) is 11.8. The Morgan fingerprint density at radius 3 is 2.55 bits per heavy atom. The van der Waals surface area contributed by atoms with Crippen LogP contribution in [0.1, 0.15) is 22.8 Å². The molecule has 114 valence electrons. The summed E-state index contributed by atoms with van der Waals surface area (Å²) in [5.74, 6) is -0.343. The van der Waals surface area contributed by atoms with Gasteiger partial charge in [0.2, 0.25) is 0 Å². The van der Waals surface area contributed by atoms with E-state index in [2.05, 4.69) is 17.6 Å². The summed E-state index contributed by atoms with van der Waals surface area (Å²) in [6.45, 7) is 2.05. The first kappa shape index (κ1) is 16.7. The Morgan fingerprint density at radius 1 is 1.14 bits per heavy atom. The second-order valence-corrected chi connectivity index (χ2v) is 5.77. The van der Waals surface area contributed by atoms with Crippen LogP contribution >= 0.6 is 35.4 Å². The highest BCUT2D eigenvalue weighted by molar-refractivity contribution is 7.80. The van der Waals surface area contributed by atoms with Gasteiger partial charge in [0.15, 0.2) is 5.11 Å². The molecule has 2 rings (SSSR count). The van der Waals surface area contributed by atoms with Crippen molar-refractivity contribution in [2.75, 3.05) is 5.32 Å². The number of nitrogens with one attached hydrogen (secondary N) is 2. The average molecular weight is 353 g/mol. The van der Waals surface area contributed by atoms with E-state index in [-0.39, 0.29) is 11.0 Å². The zero-order valence-corrected chi connectivity index (χ0v) is 14.1. The molecule has 1 amide bonds. The molecule has 0 aliphatic carbocycles. The highest BCUT2D eigenvalue weighted by Gasteiger charge is 2.10. The van der Waals surface area contributed by atoms with E-state index in [9.17, 15) is 4.79 Å². The Bertz CT molecular complexity index is 719. The molecule has 0 aromatic heterocycles. The number of halogens is 2. The van der Waals surface area contributed by atoms with E-state index >= 15 is 0 Å². The quantitative estimate of drug-likeness (QED) is 0.787. The van der Waals surface area contributed by atoms with Crippen molar-refractivity contribution < 1.29 is 4.79 Å². The Balaban J connectivity index is 2.05. The van der Waals surface area contributed by atoms with Gasteiger partial charge in [-0.1, -0.05) is 48.3 Å². The Labute approximate surface area is 144 Å². The number of anilines is 1. The molecule has 0 heterocycles. The van der Waals surface area contributed by atoms with Crippen LogP contribution in [0.3, 0.4) is 0 Å². The number of hydrogen-bond donors (Lipinski definition) is 2. The molecule has 0 aliphatic rings. The van der Waals surface area contributed by atoms with Gasteiger partial charge in [0.25, 0.3) is 5.91 Å². The van der Waals surface area contributed by atoms with Crippen molar-refractivity contribution >= 4 is 52.1 Å². The number of para-hydroxylation sites is 1. The molecular weight excluding hydrogens is 339 g/mol. The van der Waals surface area contributed by atoms with E-state index in [1.54, 1.807) is 12.1 Å². The van der Waals surface area contributed by atoms with Gasteiger partial charge in [-0.2, -0.15) is 0 Å². The molecule has 0 saturated heterocycles. The number of thiocarbonyl (C=S) groups is 1. The van der Waals surface area contributed by atoms with E-state index in [1.165, 1.54) is 6.07 Å². The summed E-state index contributed by atoms with van der Waals surface area (Å²) < 4.78 is 0. The van der Waals surface area contributed by atoms with Crippen LogP contribution < -0.4 is 10.6 Å². The van der Waals surface area contributed by atoms with Crippen LogP contribution in [0.25, 0.3) is 0 Å². The maximum atomic E-state index is 12.1. The molecule has 2 aromatic carbocycles. The predicted molar refractivity (Wildman–Crippen MR) is 96.0 cm³/mol. The van der Waals surface area contributed by atoms with Crippen LogP contribution in [-0.2, 0) is 6.42 Å². The molecule has 0 unspecified atom stereocenters. The molecular formula is C16H14Cl2N2OS. The maximum absolute atomic E-state index is 12.1. The van der Waals surface area contributed by atoms with E-state index < -0.39 is 0 Å². The third kappa shape index (κ3) is 4.19. The van der Waals surface area contributed by atoms with Crippen LogP contribution in [0.4, 0.5) is 5.69 Å². The summed E-state index contributed by atoms with van der Waals surface area (Å²) in [5, 5.41) is 6.61. The summed E-state index contributed by atoms with van der Waals surface area (Å²) in [6, 6.07) is 12.4. The topological polar surface area (TPSA) is 41.1 Å². The lowest BCUT2D eigenvalue weighted by Gasteiger charge is -2.12. The van der Waals surface area contributed by atoms with Gasteiger partial charge in [-0.05, 0) is 48.5 Å². The molecule has 0 radical (unpaired) electrons. The Hall–Kier alpha value is -1.62. The van der Waals surface area contributed by atoms with Gasteiger partial charge in [0.1, 0.15) is 0 Å². The summed E-state index contributed by atoms with van der Waals surface area (Å²) >= 11 is 16.9. The molecule has 22 heavy (non-hydrogen) atoms. The van der Waals surface area contributed by atoms with E-state index in [0.29, 0.717) is 15.6 Å². The van der Waals surface area contributed by atoms with Crippen molar-refractivity contribution in [3.63, 3.8) is 0 Å². The van der Waals surface area contributed by atoms with Gasteiger partial charge in [-0.15, -0.1) is 0 Å². The molecule has 0 bridgehead atoms. The van der Waals surface area contributed by atoms with Gasteiger partial charge < -0.3 is 5.32 Å². The zero-order chi connectivity index (χ0) is 16.1. The first-order valence-corrected chi connectivity index (χ1v) is 7.83. The van der Waals surface area contributed by atoms with Gasteiger partial charge in [0, 0.05) is 11.3 Å². The van der Waals surface area contributed by atoms with Crippen molar-refractivity contribution in [2.45, 2.75) is 13.3 Å².